The molecule has 0 aliphatic carbocycles. The molecule has 1 heterocycles. The van der Waals surface area contributed by atoms with Gasteiger partial charge in [0.05, 0.1) is 11.3 Å². The highest BCUT2D eigenvalue weighted by atomic mass is 32.2. The van der Waals surface area contributed by atoms with Crippen molar-refractivity contribution in [2.75, 3.05) is 5.75 Å². The Morgan fingerprint density at radius 1 is 1.50 bits per heavy atom. The van der Waals surface area contributed by atoms with Crippen LogP contribution in [0.2, 0.25) is 0 Å². The molecule has 0 aliphatic heterocycles. The molecule has 18 heavy (non-hydrogen) atoms. The van der Waals surface area contributed by atoms with E-state index in [1.54, 1.807) is 32.2 Å². The molecule has 0 atom stereocenters. The number of hydrogen-bond acceptors (Lipinski definition) is 4. The van der Waals surface area contributed by atoms with Crippen LogP contribution in [0.25, 0.3) is 0 Å². The third kappa shape index (κ3) is 4.42. The van der Waals surface area contributed by atoms with E-state index in [1.807, 2.05) is 6.07 Å². The van der Waals surface area contributed by atoms with E-state index in [9.17, 15) is 8.42 Å². The molecular weight excluding hydrogens is 252 g/mol. The normalized spacial score (nSPS) is 12.3. The van der Waals surface area contributed by atoms with Crippen molar-refractivity contribution in [3.8, 4) is 0 Å². The monoisotopic (exact) mass is 270 g/mol. The summed E-state index contributed by atoms with van der Waals surface area (Å²) in [4.78, 5) is 4.05. The Kier molecular flexibility index (Phi) is 4.42. The highest BCUT2D eigenvalue weighted by molar-refractivity contribution is 7.89. The predicted octanol–water partition coefficient (Wildman–Crippen LogP) is 0.258. The second-order valence-corrected chi connectivity index (χ2v) is 6.37. The van der Waals surface area contributed by atoms with E-state index in [1.165, 1.54) is 0 Å². The molecule has 1 rings (SSSR count). The zero-order valence-corrected chi connectivity index (χ0v) is 11.3. The molecule has 1 aromatic rings. The van der Waals surface area contributed by atoms with Crippen LogP contribution in [-0.4, -0.2) is 30.5 Å². The van der Waals surface area contributed by atoms with Gasteiger partial charge in [-0.15, -0.1) is 0 Å². The zero-order chi connectivity index (χ0) is 13.8. The number of nitrogens with one attached hydrogen (secondary N) is 2. The Balaban J connectivity index is 2.64. The van der Waals surface area contributed by atoms with E-state index >= 15 is 0 Å². The van der Waals surface area contributed by atoms with Crippen LogP contribution in [-0.2, 0) is 16.4 Å². The van der Waals surface area contributed by atoms with Crippen LogP contribution < -0.4 is 10.5 Å². The third-order valence-electron chi connectivity index (χ3n) is 2.44. The van der Waals surface area contributed by atoms with Crippen LogP contribution in [0.4, 0.5) is 0 Å². The van der Waals surface area contributed by atoms with Crippen molar-refractivity contribution in [1.29, 1.82) is 5.41 Å². The van der Waals surface area contributed by atoms with Crippen LogP contribution in [0.5, 0.6) is 0 Å². The summed E-state index contributed by atoms with van der Waals surface area (Å²) in [6.07, 6.45) is 1.94. The average Bonchev–Trinajstić information content (AvgIpc) is 2.26. The number of nitrogens with two attached hydrogens (primary N) is 1. The van der Waals surface area contributed by atoms with Crippen molar-refractivity contribution < 1.29 is 8.42 Å². The first kappa shape index (κ1) is 14.6. The van der Waals surface area contributed by atoms with Gasteiger partial charge in [-0.05, 0) is 26.0 Å². The molecule has 6 nitrogen and oxygen atoms in total. The van der Waals surface area contributed by atoms with E-state index in [0.717, 1.165) is 0 Å². The lowest BCUT2D eigenvalue weighted by Gasteiger charge is -2.24. The molecule has 0 bridgehead atoms. The average molecular weight is 270 g/mol. The Hall–Kier alpha value is -1.47. The Morgan fingerprint density at radius 2 is 2.17 bits per heavy atom. The van der Waals surface area contributed by atoms with Gasteiger partial charge in [0, 0.05) is 18.3 Å². The maximum absolute atomic E-state index is 11.8. The van der Waals surface area contributed by atoms with Gasteiger partial charge in [-0.1, -0.05) is 6.07 Å². The highest BCUT2D eigenvalue weighted by Crippen LogP contribution is 2.05. The standard InChI is InChI=1S/C11H18N4O2S/c1-11(2,10(12)13)15-18(16,17)8-6-9-5-3-4-7-14-9/h3-5,7,15H,6,8H2,1-2H3,(H3,12,13). The van der Waals surface area contributed by atoms with Gasteiger partial charge in [-0.2, -0.15) is 0 Å². The molecule has 0 unspecified atom stereocenters. The summed E-state index contributed by atoms with van der Waals surface area (Å²) in [5, 5.41) is 7.31. The van der Waals surface area contributed by atoms with Crippen LogP contribution in [0.1, 0.15) is 19.5 Å². The molecule has 0 aromatic carbocycles. The van der Waals surface area contributed by atoms with Crippen LogP contribution in [0.15, 0.2) is 24.4 Å². The minimum atomic E-state index is -3.49. The van der Waals surface area contributed by atoms with Gasteiger partial charge in [0.15, 0.2) is 0 Å². The number of aryl methyl sites for hydroxylation is 1. The molecular formula is C11H18N4O2S. The fourth-order valence-corrected chi connectivity index (χ4v) is 2.75. The minimum Gasteiger partial charge on any atom is -0.386 e. The first-order chi connectivity index (χ1) is 8.23. The number of hydrogen-bond donors (Lipinski definition) is 3. The van der Waals surface area contributed by atoms with Crippen molar-refractivity contribution in [2.24, 2.45) is 5.73 Å². The molecule has 0 fully saturated rings. The zero-order valence-electron chi connectivity index (χ0n) is 10.5. The summed E-state index contributed by atoms with van der Waals surface area (Å²) in [5.74, 6) is -0.301. The second kappa shape index (κ2) is 5.45. The quantitative estimate of drug-likeness (QED) is 0.508. The van der Waals surface area contributed by atoms with Gasteiger partial charge in [0.1, 0.15) is 5.84 Å². The maximum atomic E-state index is 11.8. The Labute approximate surface area is 107 Å². The molecule has 7 heteroatoms. The molecule has 1 aromatic heterocycles. The van der Waals surface area contributed by atoms with Crippen molar-refractivity contribution >= 4 is 15.9 Å². The van der Waals surface area contributed by atoms with Gasteiger partial charge >= 0.3 is 0 Å². The highest BCUT2D eigenvalue weighted by Gasteiger charge is 2.27. The SMILES string of the molecule is CC(C)(NS(=O)(=O)CCc1ccccn1)C(=N)N. The maximum Gasteiger partial charge on any atom is 0.212 e. The first-order valence-corrected chi connectivity index (χ1v) is 7.14. The summed E-state index contributed by atoms with van der Waals surface area (Å²) >= 11 is 0. The third-order valence-corrected chi connectivity index (χ3v) is 4.00. The van der Waals surface area contributed by atoms with E-state index in [-0.39, 0.29) is 11.6 Å². The number of pyridine rings is 1. The molecule has 0 amide bonds. The minimum absolute atomic E-state index is 0.0826. The Bertz CT molecular complexity index is 511. The van der Waals surface area contributed by atoms with Crippen LogP contribution >= 0.6 is 0 Å². The predicted molar refractivity (Wildman–Crippen MR) is 70.9 cm³/mol. The number of amidine groups is 1. The number of rotatable bonds is 6. The molecule has 0 saturated heterocycles. The lowest BCUT2D eigenvalue weighted by molar-refractivity contribution is 0.541. The van der Waals surface area contributed by atoms with Gasteiger partial charge in [0.2, 0.25) is 10.0 Å². The van der Waals surface area contributed by atoms with Crippen LogP contribution in [0, 0.1) is 5.41 Å². The number of sulfonamides is 1. The first-order valence-electron chi connectivity index (χ1n) is 5.49. The van der Waals surface area contributed by atoms with Gasteiger partial charge < -0.3 is 5.73 Å². The van der Waals surface area contributed by atoms with E-state index in [0.29, 0.717) is 12.1 Å². The Morgan fingerprint density at radius 3 is 2.67 bits per heavy atom. The van der Waals surface area contributed by atoms with Crippen LogP contribution in [0.3, 0.4) is 0 Å². The summed E-state index contributed by atoms with van der Waals surface area (Å²) in [5.41, 5.74) is 4.97. The van der Waals surface area contributed by atoms with E-state index in [2.05, 4.69) is 9.71 Å². The fourth-order valence-electron chi connectivity index (χ4n) is 1.28. The summed E-state index contributed by atoms with van der Waals surface area (Å²) in [7, 11) is -3.49. The van der Waals surface area contributed by atoms with Gasteiger partial charge in [-0.25, -0.2) is 13.1 Å². The number of aromatic nitrogens is 1. The lowest BCUT2D eigenvalue weighted by Crippen LogP contribution is -2.53. The van der Waals surface area contributed by atoms with Crippen molar-refractivity contribution in [1.82, 2.24) is 9.71 Å². The molecule has 0 saturated carbocycles. The van der Waals surface area contributed by atoms with Gasteiger partial charge in [-0.3, -0.25) is 10.4 Å². The molecule has 0 spiro atoms. The summed E-state index contributed by atoms with van der Waals surface area (Å²) in [6.45, 7) is 3.10. The summed E-state index contributed by atoms with van der Waals surface area (Å²) in [6, 6.07) is 5.35. The summed E-state index contributed by atoms with van der Waals surface area (Å²) < 4.78 is 26.1. The fraction of sp³-hybridized carbons (Fsp3) is 0.455. The number of nitrogens with zero attached hydrogens (tertiary/aromatic N) is 1. The molecule has 100 valence electrons. The van der Waals surface area contributed by atoms with Gasteiger partial charge in [0.25, 0.3) is 0 Å². The topological polar surface area (TPSA) is 109 Å². The van der Waals surface area contributed by atoms with Crippen molar-refractivity contribution in [3.05, 3.63) is 30.1 Å². The molecule has 0 radical (unpaired) electrons. The van der Waals surface area contributed by atoms with Crippen molar-refractivity contribution in [3.63, 3.8) is 0 Å². The largest absolute Gasteiger partial charge is 0.386 e. The van der Waals surface area contributed by atoms with Crippen molar-refractivity contribution in [2.45, 2.75) is 25.8 Å². The van der Waals surface area contributed by atoms with E-state index < -0.39 is 15.6 Å². The molecule has 0 aliphatic rings. The smallest absolute Gasteiger partial charge is 0.212 e. The second-order valence-electron chi connectivity index (χ2n) is 4.53. The molecule has 4 N–H and O–H groups in total. The lowest BCUT2D eigenvalue weighted by atomic mass is 10.1. The van der Waals surface area contributed by atoms with E-state index in [4.69, 9.17) is 11.1 Å².